The number of aryl methyl sites for hydroxylation is 1. The Labute approximate surface area is 87.5 Å². The third-order valence-electron chi connectivity index (χ3n) is 2.06. The summed E-state index contributed by atoms with van der Waals surface area (Å²) in [5.41, 5.74) is 0.886. The number of ether oxygens (including phenoxy) is 1. The molecule has 0 aliphatic heterocycles. The van der Waals surface area contributed by atoms with Crippen molar-refractivity contribution in [3.8, 4) is 5.75 Å². The van der Waals surface area contributed by atoms with Gasteiger partial charge in [-0.1, -0.05) is 6.07 Å². The van der Waals surface area contributed by atoms with Crippen LogP contribution in [0.15, 0.2) is 18.2 Å². The molecule has 0 aliphatic carbocycles. The van der Waals surface area contributed by atoms with E-state index in [9.17, 15) is 10.1 Å². The molecule has 0 saturated carbocycles. The number of hydrogen-bond acceptors (Lipinski definition) is 4. The van der Waals surface area contributed by atoms with Gasteiger partial charge < -0.3 is 9.84 Å². The summed E-state index contributed by atoms with van der Waals surface area (Å²) < 4.78 is 4.92. The standard InChI is InChI=1S/C10H13NO4/c1-15-10-7-8(3-2-6-12)4-5-9(10)11(13)14/h4-5,7,12H,2-3,6H2,1H3. The molecule has 0 radical (unpaired) electrons. The number of methoxy groups -OCH3 is 1. The number of rotatable bonds is 5. The van der Waals surface area contributed by atoms with Crippen LogP contribution in [0.25, 0.3) is 0 Å². The van der Waals surface area contributed by atoms with Crippen LogP contribution in [0.5, 0.6) is 5.75 Å². The Kier molecular flexibility index (Phi) is 4.05. The first-order valence-corrected chi connectivity index (χ1v) is 4.61. The van der Waals surface area contributed by atoms with Gasteiger partial charge in [0, 0.05) is 12.7 Å². The Morgan fingerprint density at radius 2 is 2.27 bits per heavy atom. The van der Waals surface area contributed by atoms with Gasteiger partial charge in [0.2, 0.25) is 0 Å². The number of nitro benzene ring substituents is 1. The van der Waals surface area contributed by atoms with Crippen LogP contribution < -0.4 is 4.74 Å². The first-order valence-electron chi connectivity index (χ1n) is 4.61. The highest BCUT2D eigenvalue weighted by Crippen LogP contribution is 2.27. The third kappa shape index (κ3) is 2.92. The first-order chi connectivity index (χ1) is 7.19. The SMILES string of the molecule is COc1cc(CCCO)ccc1[N+](=O)[O-]. The maximum absolute atomic E-state index is 10.6. The van der Waals surface area contributed by atoms with Crippen molar-refractivity contribution < 1.29 is 14.8 Å². The molecular formula is C10H13NO4. The van der Waals surface area contributed by atoms with E-state index < -0.39 is 4.92 Å². The quantitative estimate of drug-likeness (QED) is 0.592. The summed E-state index contributed by atoms with van der Waals surface area (Å²) in [5.74, 6) is 0.260. The molecule has 0 heterocycles. The summed E-state index contributed by atoms with van der Waals surface area (Å²) in [6, 6.07) is 4.73. The normalized spacial score (nSPS) is 10.0. The Morgan fingerprint density at radius 3 is 2.80 bits per heavy atom. The van der Waals surface area contributed by atoms with Gasteiger partial charge in [-0.05, 0) is 24.5 Å². The summed E-state index contributed by atoms with van der Waals surface area (Å²) in [6.07, 6.45) is 1.33. The van der Waals surface area contributed by atoms with E-state index in [-0.39, 0.29) is 18.0 Å². The third-order valence-corrected chi connectivity index (χ3v) is 2.06. The number of aliphatic hydroxyl groups is 1. The fourth-order valence-corrected chi connectivity index (χ4v) is 1.31. The number of aliphatic hydroxyl groups excluding tert-OH is 1. The summed E-state index contributed by atoms with van der Waals surface area (Å²) in [7, 11) is 1.40. The van der Waals surface area contributed by atoms with Gasteiger partial charge in [0.1, 0.15) is 0 Å². The molecular weight excluding hydrogens is 198 g/mol. The van der Waals surface area contributed by atoms with Crippen LogP contribution >= 0.6 is 0 Å². The van der Waals surface area contributed by atoms with Crippen LogP contribution in [-0.2, 0) is 6.42 Å². The zero-order chi connectivity index (χ0) is 11.3. The summed E-state index contributed by atoms with van der Waals surface area (Å²) in [4.78, 5) is 10.1. The Morgan fingerprint density at radius 1 is 1.53 bits per heavy atom. The van der Waals surface area contributed by atoms with Gasteiger partial charge >= 0.3 is 5.69 Å². The van der Waals surface area contributed by atoms with Gasteiger partial charge in [-0.15, -0.1) is 0 Å². The van der Waals surface area contributed by atoms with E-state index in [2.05, 4.69) is 0 Å². The van der Waals surface area contributed by atoms with Crippen LogP contribution in [0, 0.1) is 10.1 Å². The van der Waals surface area contributed by atoms with Crippen LogP contribution in [0.4, 0.5) is 5.69 Å². The maximum Gasteiger partial charge on any atom is 0.310 e. The Hall–Kier alpha value is -1.62. The van der Waals surface area contributed by atoms with Gasteiger partial charge in [-0.3, -0.25) is 10.1 Å². The second-order valence-corrected chi connectivity index (χ2v) is 3.09. The first kappa shape index (κ1) is 11.5. The van der Waals surface area contributed by atoms with E-state index >= 15 is 0 Å². The number of hydrogen-bond donors (Lipinski definition) is 1. The molecule has 0 spiro atoms. The van der Waals surface area contributed by atoms with Crippen LogP contribution in [0.3, 0.4) is 0 Å². The highest BCUT2D eigenvalue weighted by Gasteiger charge is 2.14. The highest BCUT2D eigenvalue weighted by molar-refractivity contribution is 5.48. The molecule has 82 valence electrons. The largest absolute Gasteiger partial charge is 0.490 e. The molecule has 0 saturated heterocycles. The lowest BCUT2D eigenvalue weighted by molar-refractivity contribution is -0.385. The predicted molar refractivity (Wildman–Crippen MR) is 55.1 cm³/mol. The minimum Gasteiger partial charge on any atom is -0.490 e. The lowest BCUT2D eigenvalue weighted by Gasteiger charge is -2.04. The monoisotopic (exact) mass is 211 g/mol. The molecule has 5 nitrogen and oxygen atoms in total. The van der Waals surface area contributed by atoms with Gasteiger partial charge in [0.05, 0.1) is 12.0 Å². The summed E-state index contributed by atoms with van der Waals surface area (Å²) >= 11 is 0. The number of nitro groups is 1. The molecule has 0 fully saturated rings. The van der Waals surface area contributed by atoms with Crippen molar-refractivity contribution in [3.63, 3.8) is 0 Å². The zero-order valence-electron chi connectivity index (χ0n) is 8.47. The molecule has 0 atom stereocenters. The summed E-state index contributed by atoms with van der Waals surface area (Å²) in [5, 5.41) is 19.2. The molecule has 0 amide bonds. The molecule has 1 aromatic carbocycles. The smallest absolute Gasteiger partial charge is 0.310 e. The predicted octanol–water partition coefficient (Wildman–Crippen LogP) is 1.53. The Bertz CT molecular complexity index is 351. The average molecular weight is 211 g/mol. The zero-order valence-corrected chi connectivity index (χ0v) is 8.47. The number of nitrogens with zero attached hydrogens (tertiary/aromatic N) is 1. The van der Waals surface area contributed by atoms with Gasteiger partial charge in [0.25, 0.3) is 0 Å². The van der Waals surface area contributed by atoms with Gasteiger partial charge in [0.15, 0.2) is 5.75 Å². The lowest BCUT2D eigenvalue weighted by Crippen LogP contribution is -1.96. The molecule has 0 aromatic heterocycles. The highest BCUT2D eigenvalue weighted by atomic mass is 16.6. The molecule has 15 heavy (non-hydrogen) atoms. The second-order valence-electron chi connectivity index (χ2n) is 3.09. The minimum atomic E-state index is -0.478. The molecule has 1 aromatic rings. The van der Waals surface area contributed by atoms with E-state index in [1.54, 1.807) is 12.1 Å². The van der Waals surface area contributed by atoms with Crippen molar-refractivity contribution in [2.24, 2.45) is 0 Å². The maximum atomic E-state index is 10.6. The Balaban J connectivity index is 2.92. The van der Waals surface area contributed by atoms with Crippen LogP contribution in [0.2, 0.25) is 0 Å². The van der Waals surface area contributed by atoms with E-state index in [0.29, 0.717) is 12.8 Å². The summed E-state index contributed by atoms with van der Waals surface area (Å²) in [6.45, 7) is 0.110. The molecule has 5 heteroatoms. The van der Waals surface area contributed by atoms with Crippen molar-refractivity contribution in [2.45, 2.75) is 12.8 Å². The van der Waals surface area contributed by atoms with Crippen molar-refractivity contribution in [3.05, 3.63) is 33.9 Å². The molecule has 1 N–H and O–H groups in total. The second kappa shape index (κ2) is 5.31. The van der Waals surface area contributed by atoms with Crippen molar-refractivity contribution in [1.82, 2.24) is 0 Å². The van der Waals surface area contributed by atoms with E-state index in [1.807, 2.05) is 0 Å². The molecule has 0 aliphatic rings. The molecule has 0 unspecified atom stereocenters. The fourth-order valence-electron chi connectivity index (χ4n) is 1.31. The van der Waals surface area contributed by atoms with Gasteiger partial charge in [-0.2, -0.15) is 0 Å². The average Bonchev–Trinajstić information content (AvgIpc) is 2.25. The van der Waals surface area contributed by atoms with Crippen LogP contribution in [-0.4, -0.2) is 23.7 Å². The van der Waals surface area contributed by atoms with Crippen molar-refractivity contribution >= 4 is 5.69 Å². The van der Waals surface area contributed by atoms with E-state index in [0.717, 1.165) is 5.56 Å². The van der Waals surface area contributed by atoms with Crippen molar-refractivity contribution in [1.29, 1.82) is 0 Å². The van der Waals surface area contributed by atoms with Crippen LogP contribution in [0.1, 0.15) is 12.0 Å². The lowest BCUT2D eigenvalue weighted by atomic mass is 10.1. The minimum absolute atomic E-state index is 0.0368. The van der Waals surface area contributed by atoms with E-state index in [4.69, 9.17) is 9.84 Å². The topological polar surface area (TPSA) is 72.6 Å². The number of benzene rings is 1. The van der Waals surface area contributed by atoms with Gasteiger partial charge in [-0.25, -0.2) is 0 Å². The molecule has 0 bridgehead atoms. The van der Waals surface area contributed by atoms with E-state index in [1.165, 1.54) is 13.2 Å². The fraction of sp³-hybridized carbons (Fsp3) is 0.400. The molecule has 1 rings (SSSR count). The van der Waals surface area contributed by atoms with Crippen molar-refractivity contribution in [2.75, 3.05) is 13.7 Å².